The van der Waals surface area contributed by atoms with Gasteiger partial charge in [0, 0.05) is 18.5 Å². The molecular formula is C35H43NO5. The quantitative estimate of drug-likeness (QED) is 0.326. The van der Waals surface area contributed by atoms with Gasteiger partial charge in [-0.25, -0.2) is 0 Å². The van der Waals surface area contributed by atoms with E-state index in [9.17, 15) is 5.11 Å². The smallest absolute Gasteiger partial charge is 0.199 e. The maximum Gasteiger partial charge on any atom is 0.199 e. The van der Waals surface area contributed by atoms with Gasteiger partial charge in [-0.15, -0.1) is 0 Å². The molecule has 1 N–H and O–H groups in total. The van der Waals surface area contributed by atoms with Crippen molar-refractivity contribution in [3.8, 4) is 17.2 Å². The highest BCUT2D eigenvalue weighted by molar-refractivity contribution is 5.48. The first-order chi connectivity index (χ1) is 20.0. The zero-order valence-corrected chi connectivity index (χ0v) is 24.4. The van der Waals surface area contributed by atoms with E-state index in [1.54, 1.807) is 0 Å². The lowest BCUT2D eigenvalue weighted by atomic mass is 9.71. The molecular weight excluding hydrogens is 514 g/mol. The summed E-state index contributed by atoms with van der Waals surface area (Å²) in [4.78, 5) is 2.48. The lowest BCUT2D eigenvalue weighted by molar-refractivity contribution is -0.105. The van der Waals surface area contributed by atoms with Gasteiger partial charge in [0.15, 0.2) is 6.29 Å². The molecule has 0 amide bonds. The lowest BCUT2D eigenvalue weighted by Crippen LogP contribution is -2.40. The van der Waals surface area contributed by atoms with E-state index < -0.39 is 5.60 Å². The molecule has 0 saturated carbocycles. The molecule has 41 heavy (non-hydrogen) atoms. The van der Waals surface area contributed by atoms with Gasteiger partial charge in [-0.1, -0.05) is 42.8 Å². The Kier molecular flexibility index (Phi) is 8.52. The van der Waals surface area contributed by atoms with Crippen molar-refractivity contribution in [2.24, 2.45) is 0 Å². The summed E-state index contributed by atoms with van der Waals surface area (Å²) in [6.45, 7) is 8.68. The summed E-state index contributed by atoms with van der Waals surface area (Å²) in [6.07, 6.45) is 6.45. The standard InChI is InChI=1S/C35H43NO5/c1-25-9-18-30-31(24-25)41-34(27-12-14-28(15-13-27)38-23-21-36-19-5-3-6-20-36)33(35(30,2)37)26-10-16-29(17-11-26)40-32-8-4-7-22-39-32/h9-18,24,32-34,37H,3-8,19-23H2,1-2H3. The van der Waals surface area contributed by atoms with Gasteiger partial charge in [-0.05, 0) is 99.6 Å². The Balaban J connectivity index is 1.23. The third-order valence-electron chi connectivity index (χ3n) is 8.82. The van der Waals surface area contributed by atoms with Crippen molar-refractivity contribution in [2.45, 2.75) is 76.3 Å². The van der Waals surface area contributed by atoms with E-state index in [2.05, 4.69) is 17.0 Å². The summed E-state index contributed by atoms with van der Waals surface area (Å²) < 4.78 is 24.6. The van der Waals surface area contributed by atoms with Crippen LogP contribution in [0, 0.1) is 6.92 Å². The molecule has 3 heterocycles. The molecule has 3 aromatic rings. The molecule has 3 aliphatic rings. The van der Waals surface area contributed by atoms with Crippen LogP contribution in [0.4, 0.5) is 0 Å². The van der Waals surface area contributed by atoms with Crippen LogP contribution in [0.2, 0.25) is 0 Å². The minimum Gasteiger partial charge on any atom is -0.492 e. The molecule has 0 aliphatic carbocycles. The summed E-state index contributed by atoms with van der Waals surface area (Å²) in [5.74, 6) is 2.03. The largest absolute Gasteiger partial charge is 0.492 e. The minimum absolute atomic E-state index is 0.195. The maximum absolute atomic E-state index is 12.1. The van der Waals surface area contributed by atoms with Crippen LogP contribution in [-0.4, -0.2) is 49.1 Å². The molecule has 4 unspecified atom stereocenters. The number of fused-ring (bicyclic) bond motifs is 1. The number of aryl methyl sites for hydroxylation is 1. The maximum atomic E-state index is 12.1. The Morgan fingerprint density at radius 2 is 1.61 bits per heavy atom. The van der Waals surface area contributed by atoms with Crippen molar-refractivity contribution >= 4 is 0 Å². The number of hydrogen-bond acceptors (Lipinski definition) is 6. The Labute approximate surface area is 244 Å². The fourth-order valence-electron chi connectivity index (χ4n) is 6.51. The number of rotatable bonds is 8. The summed E-state index contributed by atoms with van der Waals surface area (Å²) in [5, 5.41) is 12.1. The number of ether oxygens (including phenoxy) is 4. The highest BCUT2D eigenvalue weighted by Gasteiger charge is 2.47. The second-order valence-electron chi connectivity index (χ2n) is 12.0. The van der Waals surface area contributed by atoms with Crippen LogP contribution >= 0.6 is 0 Å². The van der Waals surface area contributed by atoms with Gasteiger partial charge in [0.05, 0.1) is 12.5 Å². The van der Waals surface area contributed by atoms with Crippen molar-refractivity contribution in [1.29, 1.82) is 0 Å². The topological polar surface area (TPSA) is 60.4 Å². The third-order valence-corrected chi connectivity index (χ3v) is 8.82. The highest BCUT2D eigenvalue weighted by Crippen LogP contribution is 2.53. The average molecular weight is 558 g/mol. The number of piperidine rings is 1. The first-order valence-corrected chi connectivity index (χ1v) is 15.3. The summed E-state index contributed by atoms with van der Waals surface area (Å²) >= 11 is 0. The van der Waals surface area contributed by atoms with E-state index in [0.717, 1.165) is 71.9 Å². The minimum atomic E-state index is -1.15. The van der Waals surface area contributed by atoms with Gasteiger partial charge in [0.2, 0.25) is 0 Å². The molecule has 6 heteroatoms. The van der Waals surface area contributed by atoms with Crippen LogP contribution < -0.4 is 14.2 Å². The normalized spacial score (nSPS) is 26.6. The van der Waals surface area contributed by atoms with Gasteiger partial charge >= 0.3 is 0 Å². The summed E-state index contributed by atoms with van der Waals surface area (Å²) in [6, 6.07) is 22.3. The second-order valence-corrected chi connectivity index (χ2v) is 12.0. The van der Waals surface area contributed by atoms with E-state index in [0.29, 0.717) is 6.61 Å². The Morgan fingerprint density at radius 1 is 0.878 bits per heavy atom. The first-order valence-electron chi connectivity index (χ1n) is 15.3. The van der Waals surface area contributed by atoms with Crippen LogP contribution in [0.3, 0.4) is 0 Å². The molecule has 6 rings (SSSR count). The van der Waals surface area contributed by atoms with Crippen molar-refractivity contribution < 1.29 is 24.1 Å². The average Bonchev–Trinajstić information content (AvgIpc) is 2.99. The molecule has 3 aromatic carbocycles. The molecule has 3 aliphatic heterocycles. The van der Waals surface area contributed by atoms with Gasteiger partial charge in [-0.2, -0.15) is 0 Å². The number of likely N-dealkylation sites (tertiary alicyclic amines) is 1. The van der Waals surface area contributed by atoms with Gasteiger partial charge < -0.3 is 24.1 Å². The Morgan fingerprint density at radius 3 is 2.34 bits per heavy atom. The SMILES string of the molecule is Cc1ccc2c(c1)OC(c1ccc(OCCN3CCCCC3)cc1)C(c1ccc(OC3CCCCO3)cc1)C2(C)O. The molecule has 0 radical (unpaired) electrons. The lowest BCUT2D eigenvalue weighted by Gasteiger charge is -2.44. The van der Waals surface area contributed by atoms with Crippen LogP contribution in [0.1, 0.15) is 79.7 Å². The van der Waals surface area contributed by atoms with E-state index >= 15 is 0 Å². The van der Waals surface area contributed by atoms with Crippen molar-refractivity contribution in [1.82, 2.24) is 4.90 Å². The molecule has 0 bridgehead atoms. The fraction of sp³-hybridized carbons (Fsp3) is 0.486. The number of hydrogen-bond donors (Lipinski definition) is 1. The van der Waals surface area contributed by atoms with Crippen LogP contribution in [-0.2, 0) is 10.3 Å². The summed E-state index contributed by atoms with van der Waals surface area (Å²) in [7, 11) is 0. The van der Waals surface area contributed by atoms with E-state index in [-0.39, 0.29) is 18.3 Å². The molecule has 0 spiro atoms. The van der Waals surface area contributed by atoms with E-state index in [1.807, 2.05) is 68.4 Å². The predicted molar refractivity (Wildman–Crippen MR) is 160 cm³/mol. The van der Waals surface area contributed by atoms with Crippen molar-refractivity contribution in [3.05, 3.63) is 89.0 Å². The molecule has 6 nitrogen and oxygen atoms in total. The van der Waals surface area contributed by atoms with Crippen LogP contribution in [0.5, 0.6) is 17.2 Å². The van der Waals surface area contributed by atoms with Gasteiger partial charge in [-0.3, -0.25) is 4.90 Å². The van der Waals surface area contributed by atoms with E-state index in [4.69, 9.17) is 18.9 Å². The van der Waals surface area contributed by atoms with Crippen molar-refractivity contribution in [2.75, 3.05) is 32.8 Å². The zero-order chi connectivity index (χ0) is 28.2. The third kappa shape index (κ3) is 6.40. The molecule has 2 saturated heterocycles. The molecule has 4 atom stereocenters. The van der Waals surface area contributed by atoms with Crippen LogP contribution in [0.25, 0.3) is 0 Å². The first kappa shape index (κ1) is 28.1. The van der Waals surface area contributed by atoms with E-state index in [1.165, 1.54) is 32.4 Å². The molecule has 218 valence electrons. The Bertz CT molecular complexity index is 1280. The fourth-order valence-corrected chi connectivity index (χ4v) is 6.51. The zero-order valence-electron chi connectivity index (χ0n) is 24.4. The summed E-state index contributed by atoms with van der Waals surface area (Å²) in [5.41, 5.74) is 2.75. The van der Waals surface area contributed by atoms with Crippen LogP contribution in [0.15, 0.2) is 66.7 Å². The highest BCUT2D eigenvalue weighted by atomic mass is 16.7. The predicted octanol–water partition coefficient (Wildman–Crippen LogP) is 6.89. The monoisotopic (exact) mass is 557 g/mol. The molecule has 0 aromatic heterocycles. The van der Waals surface area contributed by atoms with Gasteiger partial charge in [0.1, 0.15) is 35.6 Å². The van der Waals surface area contributed by atoms with Gasteiger partial charge in [0.25, 0.3) is 0 Å². The number of benzene rings is 3. The second kappa shape index (κ2) is 12.4. The molecule has 2 fully saturated rings. The Hall–Kier alpha value is -3.06. The van der Waals surface area contributed by atoms with Crippen molar-refractivity contribution in [3.63, 3.8) is 0 Å². The number of aliphatic hydroxyl groups is 1. The number of nitrogens with zero attached hydrogens (tertiary/aromatic N) is 1.